The van der Waals surface area contributed by atoms with Crippen LogP contribution in [0.3, 0.4) is 0 Å². The lowest BCUT2D eigenvalue weighted by atomic mass is 10.2. The Morgan fingerprint density at radius 3 is 2.15 bits per heavy atom. The predicted molar refractivity (Wildman–Crippen MR) is 60.4 cm³/mol. The largest absolute Gasteiger partial charge is 0.224 e. The van der Waals surface area contributed by atoms with Gasteiger partial charge in [-0.2, -0.15) is 0 Å². The van der Waals surface area contributed by atoms with Crippen molar-refractivity contribution in [2.75, 3.05) is 6.26 Å². The van der Waals surface area contributed by atoms with Gasteiger partial charge in [-0.25, -0.2) is 8.42 Å². The van der Waals surface area contributed by atoms with Crippen LogP contribution >= 0.6 is 22.6 Å². The van der Waals surface area contributed by atoms with Crippen molar-refractivity contribution in [2.24, 2.45) is 0 Å². The fourth-order valence-electron chi connectivity index (χ4n) is 0.840. The Morgan fingerprint density at radius 1 is 1.23 bits per heavy atom. The molecule has 0 saturated heterocycles. The van der Waals surface area contributed by atoms with E-state index in [9.17, 15) is 8.42 Å². The number of sulfone groups is 1. The third kappa shape index (κ3) is 3.01. The van der Waals surface area contributed by atoms with Crippen molar-refractivity contribution in [1.82, 2.24) is 0 Å². The van der Waals surface area contributed by atoms with Gasteiger partial charge in [-0.05, 0) is 28.2 Å². The number of hydrogen-bond donors (Lipinski definition) is 0. The molecule has 0 bridgehead atoms. The summed E-state index contributed by atoms with van der Waals surface area (Å²) in [6.45, 7) is 0. The molecule has 0 atom stereocenters. The molecule has 2 nitrogen and oxygen atoms in total. The maximum atomic E-state index is 11.1. The van der Waals surface area contributed by atoms with Crippen LogP contribution in [0.4, 0.5) is 0 Å². The van der Waals surface area contributed by atoms with E-state index in [4.69, 9.17) is 0 Å². The lowest BCUT2D eigenvalue weighted by Crippen LogP contribution is -1.96. The van der Waals surface area contributed by atoms with Crippen molar-refractivity contribution in [1.29, 1.82) is 0 Å². The van der Waals surface area contributed by atoms with Gasteiger partial charge in [-0.3, -0.25) is 0 Å². The molecule has 1 aromatic rings. The summed E-state index contributed by atoms with van der Waals surface area (Å²) < 4.78 is 24.8. The summed E-state index contributed by atoms with van der Waals surface area (Å²) in [5.74, 6) is 2.83. The fraction of sp³-hybridized carbons (Fsp3) is 0.111. The van der Waals surface area contributed by atoms with Gasteiger partial charge in [0.1, 0.15) is 0 Å². The first-order valence-electron chi connectivity index (χ1n) is 3.46. The zero-order chi connectivity index (χ0) is 9.90. The van der Waals surface area contributed by atoms with Gasteiger partial charge >= 0.3 is 0 Å². The molecule has 0 aromatic heterocycles. The smallest absolute Gasteiger partial charge is 0.175 e. The van der Waals surface area contributed by atoms with Crippen LogP contribution in [0.5, 0.6) is 0 Å². The molecule has 0 fully saturated rings. The third-order valence-electron chi connectivity index (χ3n) is 1.47. The van der Waals surface area contributed by atoms with Gasteiger partial charge in [0.2, 0.25) is 0 Å². The highest BCUT2D eigenvalue weighted by Crippen LogP contribution is 2.09. The number of rotatable bonds is 1. The summed E-state index contributed by atoms with van der Waals surface area (Å²) in [6, 6.07) is 6.52. The van der Waals surface area contributed by atoms with E-state index in [2.05, 4.69) is 9.85 Å². The van der Waals surface area contributed by atoms with Gasteiger partial charge in [0.05, 0.1) is 4.90 Å². The lowest BCUT2D eigenvalue weighted by molar-refractivity contribution is 0.602. The molecule has 0 aliphatic heterocycles. The Balaban J connectivity index is 3.13. The standard InChI is InChI=1S/C9H7IO2S/c1-13(11,12)9-4-2-8(3-5-9)6-7-10/h2-5H,1H3. The van der Waals surface area contributed by atoms with E-state index in [0.29, 0.717) is 4.90 Å². The second-order valence-electron chi connectivity index (χ2n) is 2.52. The number of hydrogen-bond acceptors (Lipinski definition) is 2. The Labute approximate surface area is 91.4 Å². The minimum Gasteiger partial charge on any atom is -0.224 e. The van der Waals surface area contributed by atoms with Crippen LogP contribution in [-0.2, 0) is 9.84 Å². The maximum Gasteiger partial charge on any atom is 0.175 e. The van der Waals surface area contributed by atoms with Gasteiger partial charge in [0.15, 0.2) is 9.84 Å². The zero-order valence-corrected chi connectivity index (χ0v) is 9.89. The first kappa shape index (κ1) is 10.5. The molecule has 0 amide bonds. The highest BCUT2D eigenvalue weighted by molar-refractivity contribution is 14.1. The summed E-state index contributed by atoms with van der Waals surface area (Å²) in [4.78, 5) is 0.325. The van der Waals surface area contributed by atoms with E-state index in [1.54, 1.807) is 24.3 Å². The molecule has 0 heterocycles. The highest BCUT2D eigenvalue weighted by Gasteiger charge is 2.04. The van der Waals surface area contributed by atoms with Gasteiger partial charge in [0.25, 0.3) is 0 Å². The molecule has 68 valence electrons. The minimum atomic E-state index is -3.08. The van der Waals surface area contributed by atoms with Crippen LogP contribution in [0.25, 0.3) is 0 Å². The quantitative estimate of drug-likeness (QED) is 0.586. The summed E-state index contributed by atoms with van der Waals surface area (Å²) in [5, 5.41) is 0. The fourth-order valence-corrected chi connectivity index (χ4v) is 1.78. The summed E-state index contributed by atoms with van der Waals surface area (Å²) >= 11 is 1.94. The summed E-state index contributed by atoms with van der Waals surface area (Å²) in [7, 11) is -3.08. The zero-order valence-electron chi connectivity index (χ0n) is 6.91. The Bertz CT molecular complexity index is 449. The average molecular weight is 306 g/mol. The van der Waals surface area contributed by atoms with Crippen molar-refractivity contribution in [2.45, 2.75) is 4.90 Å². The van der Waals surface area contributed by atoms with E-state index in [0.717, 1.165) is 5.56 Å². The van der Waals surface area contributed by atoms with Crippen LogP contribution in [-0.4, -0.2) is 14.7 Å². The van der Waals surface area contributed by atoms with E-state index >= 15 is 0 Å². The summed E-state index contributed by atoms with van der Waals surface area (Å²) in [5.41, 5.74) is 0.821. The Hall–Kier alpha value is -0.540. The highest BCUT2D eigenvalue weighted by atomic mass is 127. The summed E-state index contributed by atoms with van der Waals surface area (Å²) in [6.07, 6.45) is 1.19. The van der Waals surface area contributed by atoms with Crippen molar-refractivity contribution in [3.8, 4) is 9.85 Å². The monoisotopic (exact) mass is 306 g/mol. The first-order chi connectivity index (χ1) is 6.04. The molecule has 0 N–H and O–H groups in total. The molecule has 0 saturated carbocycles. The molecule has 1 aromatic carbocycles. The van der Waals surface area contributed by atoms with Gasteiger partial charge in [0, 0.05) is 34.4 Å². The van der Waals surface area contributed by atoms with Crippen molar-refractivity contribution in [3.63, 3.8) is 0 Å². The molecule has 13 heavy (non-hydrogen) atoms. The molecule has 0 unspecified atom stereocenters. The lowest BCUT2D eigenvalue weighted by Gasteiger charge is -1.96. The molecule has 0 spiro atoms. The van der Waals surface area contributed by atoms with Gasteiger partial charge < -0.3 is 0 Å². The molecule has 0 aliphatic rings. The van der Waals surface area contributed by atoms with Gasteiger partial charge in [-0.1, -0.05) is 5.92 Å². The minimum absolute atomic E-state index is 0.325. The van der Waals surface area contributed by atoms with Crippen molar-refractivity contribution in [3.05, 3.63) is 29.8 Å². The van der Waals surface area contributed by atoms with E-state index < -0.39 is 9.84 Å². The maximum absolute atomic E-state index is 11.1. The third-order valence-corrected chi connectivity index (χ3v) is 2.87. The second kappa shape index (κ2) is 4.11. The van der Waals surface area contributed by atoms with Crippen LogP contribution in [0.15, 0.2) is 29.2 Å². The topological polar surface area (TPSA) is 34.1 Å². The van der Waals surface area contributed by atoms with Crippen molar-refractivity contribution >= 4 is 32.4 Å². The van der Waals surface area contributed by atoms with Gasteiger partial charge in [-0.15, -0.1) is 0 Å². The second-order valence-corrected chi connectivity index (χ2v) is 5.07. The number of halogens is 1. The van der Waals surface area contributed by atoms with Crippen LogP contribution in [0.2, 0.25) is 0 Å². The molecule has 4 heteroatoms. The molecule has 0 radical (unpaired) electrons. The van der Waals surface area contributed by atoms with Crippen molar-refractivity contribution < 1.29 is 8.42 Å². The normalized spacial score (nSPS) is 10.3. The van der Waals surface area contributed by atoms with E-state index in [1.807, 2.05) is 22.6 Å². The van der Waals surface area contributed by atoms with E-state index in [-0.39, 0.29) is 0 Å². The van der Waals surface area contributed by atoms with Crippen LogP contribution < -0.4 is 0 Å². The van der Waals surface area contributed by atoms with Crippen LogP contribution in [0, 0.1) is 9.85 Å². The van der Waals surface area contributed by atoms with E-state index in [1.165, 1.54) is 6.26 Å². The molecule has 1 rings (SSSR count). The number of benzene rings is 1. The Kier molecular flexibility index (Phi) is 3.33. The Morgan fingerprint density at radius 2 is 1.77 bits per heavy atom. The average Bonchev–Trinajstić information content (AvgIpc) is 2.04. The predicted octanol–water partition coefficient (Wildman–Crippen LogP) is 1.83. The molecular weight excluding hydrogens is 299 g/mol. The first-order valence-corrected chi connectivity index (χ1v) is 6.43. The SMILES string of the molecule is CS(=O)(=O)c1ccc(C#CI)cc1. The molecular formula is C9H7IO2S. The molecule has 0 aliphatic carbocycles. The van der Waals surface area contributed by atoms with Crippen LogP contribution in [0.1, 0.15) is 5.56 Å².